The van der Waals surface area contributed by atoms with Crippen LogP contribution in [0.25, 0.3) is 0 Å². The van der Waals surface area contributed by atoms with Crippen LogP contribution in [0, 0.1) is 12.7 Å². The van der Waals surface area contributed by atoms with Gasteiger partial charge in [0.1, 0.15) is 35.3 Å². The van der Waals surface area contributed by atoms with E-state index in [2.05, 4.69) is 25.5 Å². The fourth-order valence-corrected chi connectivity index (χ4v) is 4.74. The van der Waals surface area contributed by atoms with Gasteiger partial charge in [-0.25, -0.2) is 14.2 Å². The molecule has 1 aliphatic heterocycles. The maximum absolute atomic E-state index is 14.7. The number of halogens is 2. The molecule has 2 heterocycles. The van der Waals surface area contributed by atoms with Gasteiger partial charge in [0.15, 0.2) is 11.6 Å². The van der Waals surface area contributed by atoms with Crippen LogP contribution in [0.1, 0.15) is 18.4 Å². The quantitative estimate of drug-likeness (QED) is 0.302. The maximum Gasteiger partial charge on any atom is 0.427 e. The Morgan fingerprint density at radius 1 is 1.07 bits per heavy atom. The first-order chi connectivity index (χ1) is 19.1. The lowest BCUT2D eigenvalue weighted by Gasteiger charge is -2.26. The number of rotatable bonds is 10. The predicted molar refractivity (Wildman–Crippen MR) is 155 cm³/mol. The Balaban J connectivity index is 1.46. The smallest absolute Gasteiger partial charge is 0.427 e. The number of hydrogen-bond acceptors (Lipinski definition) is 8. The number of anilines is 3. The SMILES string of the molecule is COc1cc(OC)c(Cl)c(NC(=O)[N+](C)(C)c2cc(Nc3ccc(OCCN4CCCC4)c(F)c3)ncn2)c1C. The lowest BCUT2D eigenvalue weighted by Crippen LogP contribution is -2.50. The maximum atomic E-state index is 14.7. The molecule has 2 aromatic carbocycles. The molecular weight excluding hydrogens is 539 g/mol. The topological polar surface area (TPSA) is 97.8 Å². The number of methoxy groups -OCH3 is 2. The van der Waals surface area contributed by atoms with Crippen molar-refractivity contribution in [1.29, 1.82) is 0 Å². The van der Waals surface area contributed by atoms with Gasteiger partial charge < -0.3 is 19.5 Å². The average Bonchev–Trinajstić information content (AvgIpc) is 3.46. The molecule has 12 heteroatoms. The first kappa shape index (κ1) is 29.3. The summed E-state index contributed by atoms with van der Waals surface area (Å²) in [5.74, 6) is 1.39. The van der Waals surface area contributed by atoms with Crippen LogP contribution < -0.4 is 29.3 Å². The van der Waals surface area contributed by atoms with E-state index in [1.165, 1.54) is 39.5 Å². The Morgan fingerprint density at radius 3 is 2.48 bits per heavy atom. The number of amides is 2. The van der Waals surface area contributed by atoms with Crippen LogP contribution in [0.5, 0.6) is 17.2 Å². The van der Waals surface area contributed by atoms with Gasteiger partial charge in [-0.05, 0) is 45.0 Å². The van der Waals surface area contributed by atoms with Crippen LogP contribution in [-0.4, -0.2) is 75.5 Å². The van der Waals surface area contributed by atoms with Gasteiger partial charge in [0.25, 0.3) is 0 Å². The second-order valence-electron chi connectivity index (χ2n) is 9.91. The number of hydrogen-bond donors (Lipinski definition) is 2. The largest absolute Gasteiger partial charge is 0.496 e. The van der Waals surface area contributed by atoms with E-state index in [9.17, 15) is 9.18 Å². The predicted octanol–water partition coefficient (Wildman–Crippen LogP) is 5.61. The van der Waals surface area contributed by atoms with E-state index >= 15 is 0 Å². The summed E-state index contributed by atoms with van der Waals surface area (Å²) in [5.41, 5.74) is 1.51. The molecule has 1 aliphatic rings. The third kappa shape index (κ3) is 6.55. The van der Waals surface area contributed by atoms with E-state index in [0.717, 1.165) is 19.6 Å². The van der Waals surface area contributed by atoms with E-state index in [0.29, 0.717) is 46.7 Å². The standard InChI is InChI=1S/C28H34ClFN6O4/c1-18-22(38-4)15-23(39-5)26(29)27(18)34-28(37)36(2,3)25-16-24(31-17-32-25)33-19-8-9-21(20(30)14-19)40-13-12-35-10-6-7-11-35/h8-9,14-17H,6-7,10-13H2,1-5H3,(H-,31,32,33,34,37)/p+1. The molecule has 2 N–H and O–H groups in total. The number of carbonyl (C=O) groups is 1. The second-order valence-corrected chi connectivity index (χ2v) is 10.3. The number of likely N-dealkylation sites (tertiary alicyclic amines) is 1. The number of nitrogens with one attached hydrogen (secondary N) is 2. The van der Waals surface area contributed by atoms with Crippen LogP contribution in [-0.2, 0) is 0 Å². The van der Waals surface area contributed by atoms with E-state index in [1.807, 2.05) is 0 Å². The van der Waals surface area contributed by atoms with Gasteiger partial charge in [-0.15, -0.1) is 0 Å². The van der Waals surface area contributed by atoms with Crippen molar-refractivity contribution in [3.63, 3.8) is 0 Å². The zero-order chi connectivity index (χ0) is 28.9. The van der Waals surface area contributed by atoms with Crippen molar-refractivity contribution in [2.75, 3.05) is 65.2 Å². The Kier molecular flexibility index (Phi) is 9.28. The van der Waals surface area contributed by atoms with E-state index in [1.54, 1.807) is 45.3 Å². The molecule has 2 amide bonds. The summed E-state index contributed by atoms with van der Waals surface area (Å²) in [5, 5.41) is 6.20. The molecule has 0 radical (unpaired) electrons. The Hall–Kier alpha value is -3.67. The summed E-state index contributed by atoms with van der Waals surface area (Å²) < 4.78 is 30.8. The number of carbonyl (C=O) groups excluding carboxylic acids is 1. The van der Waals surface area contributed by atoms with Gasteiger partial charge in [0.2, 0.25) is 5.82 Å². The minimum absolute atomic E-state index is 0.200. The van der Waals surface area contributed by atoms with Gasteiger partial charge in [0.05, 0.1) is 40.1 Å². The van der Waals surface area contributed by atoms with Crippen LogP contribution in [0.2, 0.25) is 5.02 Å². The average molecular weight is 574 g/mol. The second kappa shape index (κ2) is 12.7. The first-order valence-electron chi connectivity index (χ1n) is 12.9. The summed E-state index contributed by atoms with van der Waals surface area (Å²) in [6, 6.07) is 7.52. The van der Waals surface area contributed by atoms with Crippen molar-refractivity contribution in [3.8, 4) is 17.2 Å². The number of quaternary nitrogens is 1. The molecule has 0 saturated carbocycles. The molecular formula is C28H35ClFN6O4+. The highest BCUT2D eigenvalue weighted by atomic mass is 35.5. The van der Waals surface area contributed by atoms with Crippen molar-refractivity contribution in [1.82, 2.24) is 19.4 Å². The Labute approximate surface area is 238 Å². The molecule has 0 bridgehead atoms. The molecule has 0 spiro atoms. The van der Waals surface area contributed by atoms with Gasteiger partial charge >= 0.3 is 6.03 Å². The fourth-order valence-electron chi connectivity index (χ4n) is 4.42. The van der Waals surface area contributed by atoms with Crippen molar-refractivity contribution >= 4 is 40.6 Å². The molecule has 1 saturated heterocycles. The molecule has 1 aromatic heterocycles. The summed E-state index contributed by atoms with van der Waals surface area (Å²) >= 11 is 6.50. The van der Waals surface area contributed by atoms with Crippen molar-refractivity contribution < 1.29 is 23.4 Å². The van der Waals surface area contributed by atoms with Crippen LogP contribution in [0.4, 0.5) is 32.2 Å². The van der Waals surface area contributed by atoms with Crippen LogP contribution >= 0.6 is 11.6 Å². The molecule has 214 valence electrons. The van der Waals surface area contributed by atoms with Gasteiger partial charge in [-0.1, -0.05) is 11.6 Å². The molecule has 0 aliphatic carbocycles. The first-order valence-corrected chi connectivity index (χ1v) is 13.3. The van der Waals surface area contributed by atoms with Crippen molar-refractivity contribution in [2.45, 2.75) is 19.8 Å². The number of nitrogens with zero attached hydrogens (tertiary/aromatic N) is 4. The molecule has 1 fully saturated rings. The summed E-state index contributed by atoms with van der Waals surface area (Å²) in [7, 11) is 6.36. The fraction of sp³-hybridized carbons (Fsp3) is 0.393. The lowest BCUT2D eigenvalue weighted by molar-refractivity contribution is 0.229. The summed E-state index contributed by atoms with van der Waals surface area (Å²) in [6.07, 6.45) is 3.74. The minimum Gasteiger partial charge on any atom is -0.496 e. The highest BCUT2D eigenvalue weighted by Crippen LogP contribution is 2.41. The normalized spacial score (nSPS) is 13.7. The molecule has 3 aromatic rings. The molecule has 10 nitrogen and oxygen atoms in total. The number of benzene rings is 2. The monoisotopic (exact) mass is 573 g/mol. The van der Waals surface area contributed by atoms with Crippen molar-refractivity contribution in [2.24, 2.45) is 0 Å². The van der Waals surface area contributed by atoms with Crippen LogP contribution in [0.15, 0.2) is 36.7 Å². The minimum atomic E-state index is -0.475. The molecule has 40 heavy (non-hydrogen) atoms. The third-order valence-electron chi connectivity index (χ3n) is 6.92. The number of aromatic nitrogens is 2. The Morgan fingerprint density at radius 2 is 1.80 bits per heavy atom. The highest BCUT2D eigenvalue weighted by Gasteiger charge is 2.33. The molecule has 0 unspecified atom stereocenters. The Bertz CT molecular complexity index is 1340. The lowest BCUT2D eigenvalue weighted by atomic mass is 10.1. The van der Waals surface area contributed by atoms with Gasteiger partial charge in [0, 0.05) is 29.9 Å². The zero-order valence-corrected chi connectivity index (χ0v) is 24.1. The van der Waals surface area contributed by atoms with E-state index in [-0.39, 0.29) is 15.3 Å². The van der Waals surface area contributed by atoms with Crippen LogP contribution in [0.3, 0.4) is 0 Å². The summed E-state index contributed by atoms with van der Waals surface area (Å²) in [4.78, 5) is 24.3. The molecule has 0 atom stereocenters. The van der Waals surface area contributed by atoms with E-state index in [4.69, 9.17) is 25.8 Å². The zero-order valence-electron chi connectivity index (χ0n) is 23.4. The highest BCUT2D eigenvalue weighted by molar-refractivity contribution is 6.35. The van der Waals surface area contributed by atoms with Gasteiger partial charge in [-0.3, -0.25) is 10.2 Å². The summed E-state index contributed by atoms with van der Waals surface area (Å²) in [6.45, 7) is 5.13. The number of urea groups is 1. The number of ether oxygens (including phenoxy) is 3. The third-order valence-corrected chi connectivity index (χ3v) is 7.29. The van der Waals surface area contributed by atoms with Gasteiger partial charge in [-0.2, -0.15) is 9.47 Å². The molecule has 4 rings (SSSR count). The van der Waals surface area contributed by atoms with Crippen molar-refractivity contribution in [3.05, 3.63) is 53.1 Å². The van der Waals surface area contributed by atoms with E-state index < -0.39 is 11.8 Å².